The van der Waals surface area contributed by atoms with Crippen molar-refractivity contribution >= 4 is 35.2 Å². The molecule has 3 heterocycles. The van der Waals surface area contributed by atoms with Gasteiger partial charge in [0.05, 0.1) is 11.9 Å². The number of anilines is 2. The number of amides is 3. The van der Waals surface area contributed by atoms with Gasteiger partial charge in [-0.3, -0.25) is 14.8 Å². The van der Waals surface area contributed by atoms with Crippen LogP contribution in [0.4, 0.5) is 16.3 Å². The number of rotatable bonds is 3. The van der Waals surface area contributed by atoms with Crippen LogP contribution in [0.25, 0.3) is 0 Å². The molecule has 1 aliphatic heterocycles. The van der Waals surface area contributed by atoms with Gasteiger partial charge in [0, 0.05) is 32.4 Å². The van der Waals surface area contributed by atoms with Gasteiger partial charge in [-0.15, -0.1) is 11.8 Å². The second-order valence-corrected chi connectivity index (χ2v) is 6.04. The zero-order valence-corrected chi connectivity index (χ0v) is 14.2. The monoisotopic (exact) mass is 347 g/mol. The molecule has 1 aliphatic rings. The Morgan fingerprint density at radius 3 is 2.83 bits per heavy atom. The smallest absolute Gasteiger partial charge is 0.313 e. The number of piperazine rings is 1. The van der Waals surface area contributed by atoms with Gasteiger partial charge in [0.15, 0.2) is 0 Å². The molecule has 1 N–H and O–H groups in total. The molecule has 0 saturated carbocycles. The third-order valence-electron chi connectivity index (χ3n) is 3.60. The first-order valence-electron chi connectivity index (χ1n) is 7.28. The fourth-order valence-corrected chi connectivity index (χ4v) is 2.76. The Balaban J connectivity index is 1.62. The average molecular weight is 347 g/mol. The highest BCUT2D eigenvalue weighted by molar-refractivity contribution is 7.98. The molecule has 24 heavy (non-hydrogen) atoms. The third kappa shape index (κ3) is 3.48. The summed E-state index contributed by atoms with van der Waals surface area (Å²) in [5, 5.41) is 7.53. The molecule has 0 aromatic carbocycles. The number of urea groups is 1. The summed E-state index contributed by atoms with van der Waals surface area (Å²) in [6.07, 6.45) is 6.70. The minimum absolute atomic E-state index is 0.0151. The Bertz CT molecular complexity index is 763. The van der Waals surface area contributed by atoms with Crippen LogP contribution in [-0.4, -0.2) is 62.5 Å². The van der Waals surface area contributed by atoms with E-state index in [-0.39, 0.29) is 18.5 Å². The molecule has 0 bridgehead atoms. The molecular weight excluding hydrogens is 330 g/mol. The Morgan fingerprint density at radius 2 is 2.17 bits per heavy atom. The molecule has 2 aromatic rings. The van der Waals surface area contributed by atoms with Crippen LogP contribution in [0.2, 0.25) is 0 Å². The summed E-state index contributed by atoms with van der Waals surface area (Å²) in [4.78, 5) is 35.8. The van der Waals surface area contributed by atoms with E-state index >= 15 is 0 Å². The number of nitrogens with one attached hydrogen (secondary N) is 1. The number of hydrogen-bond acceptors (Lipinski definition) is 6. The van der Waals surface area contributed by atoms with Crippen molar-refractivity contribution in [3.8, 4) is 0 Å². The van der Waals surface area contributed by atoms with Gasteiger partial charge in [0.1, 0.15) is 23.7 Å². The molecule has 1 fully saturated rings. The van der Waals surface area contributed by atoms with Gasteiger partial charge in [-0.2, -0.15) is 5.10 Å². The second kappa shape index (κ2) is 6.87. The van der Waals surface area contributed by atoms with Crippen molar-refractivity contribution in [2.45, 2.75) is 5.03 Å². The van der Waals surface area contributed by atoms with E-state index in [2.05, 4.69) is 20.4 Å². The number of hydrogen-bond donors (Lipinski definition) is 1. The Hall–Kier alpha value is -2.62. The van der Waals surface area contributed by atoms with Crippen molar-refractivity contribution in [2.24, 2.45) is 7.05 Å². The normalized spacial score (nSPS) is 14.8. The molecule has 3 rings (SSSR count). The lowest BCUT2D eigenvalue weighted by atomic mass is 10.3. The number of thioether (sulfide) groups is 1. The predicted molar refractivity (Wildman–Crippen MR) is 90.0 cm³/mol. The maximum atomic E-state index is 12.3. The SMILES string of the molecule is CSc1cc(NC(=O)N2CCN(c3cnn(C)c3)C(=O)C2)ncn1. The summed E-state index contributed by atoms with van der Waals surface area (Å²) in [7, 11) is 1.79. The minimum atomic E-state index is -0.347. The Labute approximate surface area is 143 Å². The molecule has 0 radical (unpaired) electrons. The summed E-state index contributed by atoms with van der Waals surface area (Å²) in [5.41, 5.74) is 0.739. The van der Waals surface area contributed by atoms with Crippen LogP contribution in [0, 0.1) is 0 Å². The molecule has 0 atom stereocenters. The number of aromatic nitrogens is 4. The van der Waals surface area contributed by atoms with E-state index < -0.39 is 0 Å². The molecule has 126 valence electrons. The molecule has 9 nitrogen and oxygen atoms in total. The van der Waals surface area contributed by atoms with Crippen molar-refractivity contribution in [1.82, 2.24) is 24.6 Å². The molecule has 0 aliphatic carbocycles. The third-order valence-corrected chi connectivity index (χ3v) is 4.24. The first-order chi connectivity index (χ1) is 11.6. The van der Waals surface area contributed by atoms with E-state index in [0.29, 0.717) is 18.9 Å². The maximum absolute atomic E-state index is 12.3. The fraction of sp³-hybridized carbons (Fsp3) is 0.357. The van der Waals surface area contributed by atoms with Gasteiger partial charge < -0.3 is 9.80 Å². The van der Waals surface area contributed by atoms with E-state index in [1.807, 2.05) is 6.26 Å². The fourth-order valence-electron chi connectivity index (χ4n) is 2.38. The van der Waals surface area contributed by atoms with E-state index in [1.165, 1.54) is 23.0 Å². The van der Waals surface area contributed by atoms with Gasteiger partial charge in [0.2, 0.25) is 5.91 Å². The van der Waals surface area contributed by atoms with Gasteiger partial charge >= 0.3 is 6.03 Å². The predicted octanol–water partition coefficient (Wildman–Crippen LogP) is 0.813. The van der Waals surface area contributed by atoms with E-state index in [1.54, 1.807) is 35.1 Å². The average Bonchev–Trinajstić information content (AvgIpc) is 3.01. The van der Waals surface area contributed by atoms with Crippen molar-refractivity contribution < 1.29 is 9.59 Å². The van der Waals surface area contributed by atoms with Gasteiger partial charge in [0.25, 0.3) is 0 Å². The van der Waals surface area contributed by atoms with E-state index in [9.17, 15) is 9.59 Å². The zero-order chi connectivity index (χ0) is 17.1. The summed E-state index contributed by atoms with van der Waals surface area (Å²) >= 11 is 1.46. The van der Waals surface area contributed by atoms with Crippen molar-refractivity contribution in [2.75, 3.05) is 36.1 Å². The molecule has 10 heteroatoms. The van der Waals surface area contributed by atoms with Crippen LogP contribution in [0.3, 0.4) is 0 Å². The Morgan fingerprint density at radius 1 is 1.33 bits per heavy atom. The van der Waals surface area contributed by atoms with Crippen LogP contribution >= 0.6 is 11.8 Å². The lowest BCUT2D eigenvalue weighted by Gasteiger charge is -2.33. The lowest BCUT2D eigenvalue weighted by molar-refractivity contribution is -0.120. The van der Waals surface area contributed by atoms with Crippen LogP contribution < -0.4 is 10.2 Å². The Kier molecular flexibility index (Phi) is 4.65. The standard InChI is InChI=1S/C14H17N7O2S/c1-19-7-10(6-17-19)21-4-3-20(8-13(21)22)14(23)18-11-5-12(24-2)16-9-15-11/h5-7,9H,3-4,8H2,1-2H3,(H,15,16,18,23). The first-order valence-corrected chi connectivity index (χ1v) is 8.50. The van der Waals surface area contributed by atoms with Crippen LogP contribution in [0.5, 0.6) is 0 Å². The summed E-state index contributed by atoms with van der Waals surface area (Å²) in [6, 6.07) is 1.34. The summed E-state index contributed by atoms with van der Waals surface area (Å²) < 4.78 is 1.64. The van der Waals surface area contributed by atoms with Crippen molar-refractivity contribution in [3.63, 3.8) is 0 Å². The number of carbonyl (C=O) groups excluding carboxylic acids is 2. The number of nitrogens with zero attached hydrogens (tertiary/aromatic N) is 6. The maximum Gasteiger partial charge on any atom is 0.323 e. The number of carbonyl (C=O) groups is 2. The zero-order valence-electron chi connectivity index (χ0n) is 13.3. The molecular formula is C14H17N7O2S. The highest BCUT2D eigenvalue weighted by Crippen LogP contribution is 2.17. The quantitative estimate of drug-likeness (QED) is 0.652. The van der Waals surface area contributed by atoms with Crippen LogP contribution in [0.15, 0.2) is 29.8 Å². The van der Waals surface area contributed by atoms with Crippen LogP contribution in [-0.2, 0) is 11.8 Å². The minimum Gasteiger partial charge on any atom is -0.313 e. The molecule has 3 amide bonds. The largest absolute Gasteiger partial charge is 0.323 e. The first kappa shape index (κ1) is 16.2. The van der Waals surface area contributed by atoms with Crippen LogP contribution in [0.1, 0.15) is 0 Å². The summed E-state index contributed by atoms with van der Waals surface area (Å²) in [6.45, 7) is 0.881. The second-order valence-electron chi connectivity index (χ2n) is 5.21. The lowest BCUT2D eigenvalue weighted by Crippen LogP contribution is -2.53. The molecule has 2 aromatic heterocycles. The van der Waals surface area contributed by atoms with Gasteiger partial charge in [-0.05, 0) is 6.26 Å². The van der Waals surface area contributed by atoms with Gasteiger partial charge in [-0.25, -0.2) is 14.8 Å². The highest BCUT2D eigenvalue weighted by Gasteiger charge is 2.28. The van der Waals surface area contributed by atoms with Crippen molar-refractivity contribution in [1.29, 1.82) is 0 Å². The summed E-state index contributed by atoms with van der Waals surface area (Å²) in [5.74, 6) is 0.276. The highest BCUT2D eigenvalue weighted by atomic mass is 32.2. The topological polar surface area (TPSA) is 96.2 Å². The van der Waals surface area contributed by atoms with E-state index in [0.717, 1.165) is 10.7 Å². The molecule has 0 unspecified atom stereocenters. The molecule has 0 spiro atoms. The van der Waals surface area contributed by atoms with Crippen molar-refractivity contribution in [3.05, 3.63) is 24.8 Å². The van der Waals surface area contributed by atoms with Gasteiger partial charge in [-0.1, -0.05) is 0 Å². The molecule has 1 saturated heterocycles. The van der Waals surface area contributed by atoms with E-state index in [4.69, 9.17) is 0 Å². The number of aryl methyl sites for hydroxylation is 1.